The van der Waals surface area contributed by atoms with Crippen molar-refractivity contribution < 1.29 is 23.1 Å². The fraction of sp³-hybridized carbons (Fsp3) is 0.235. The number of rotatable bonds is 5. The number of amides is 2. The Morgan fingerprint density at radius 1 is 1.08 bits per heavy atom. The molecule has 3 N–H and O–H groups in total. The van der Waals surface area contributed by atoms with Crippen LogP contribution in [0.3, 0.4) is 0 Å². The molecule has 0 aliphatic rings. The lowest BCUT2D eigenvalue weighted by Crippen LogP contribution is -2.37. The Bertz CT molecular complexity index is 718. The number of aliphatic hydroxyl groups is 1. The van der Waals surface area contributed by atoms with Crippen molar-refractivity contribution >= 4 is 6.03 Å². The van der Waals surface area contributed by atoms with Crippen LogP contribution < -0.4 is 10.6 Å². The van der Waals surface area contributed by atoms with Crippen LogP contribution in [0.15, 0.2) is 36.4 Å². The molecule has 2 aromatic rings. The van der Waals surface area contributed by atoms with E-state index >= 15 is 0 Å². The first-order valence-electron chi connectivity index (χ1n) is 7.27. The summed E-state index contributed by atoms with van der Waals surface area (Å²) in [6, 6.07) is 7.05. The highest BCUT2D eigenvalue weighted by Gasteiger charge is 2.18. The van der Waals surface area contributed by atoms with E-state index in [0.29, 0.717) is 11.1 Å². The van der Waals surface area contributed by atoms with Crippen LogP contribution in [0.5, 0.6) is 0 Å². The third kappa shape index (κ3) is 4.48. The summed E-state index contributed by atoms with van der Waals surface area (Å²) in [7, 11) is 0. The van der Waals surface area contributed by atoms with E-state index in [0.717, 1.165) is 12.1 Å². The lowest BCUT2D eigenvalue weighted by Gasteiger charge is -2.14. The molecule has 0 saturated carbocycles. The molecule has 2 amide bonds. The lowest BCUT2D eigenvalue weighted by molar-refractivity contribution is 0.164. The third-order valence-electron chi connectivity index (χ3n) is 3.46. The van der Waals surface area contributed by atoms with Gasteiger partial charge in [-0.2, -0.15) is 0 Å². The zero-order chi connectivity index (χ0) is 17.7. The number of nitrogens with one attached hydrogen (secondary N) is 2. The van der Waals surface area contributed by atoms with Gasteiger partial charge in [-0.05, 0) is 36.2 Å². The number of hydrogen-bond acceptors (Lipinski definition) is 2. The number of urea groups is 1. The van der Waals surface area contributed by atoms with Crippen molar-refractivity contribution in [2.45, 2.75) is 19.6 Å². The molecule has 4 nitrogen and oxygen atoms in total. The van der Waals surface area contributed by atoms with Gasteiger partial charge in [0.05, 0.1) is 5.56 Å². The molecule has 128 valence electrons. The minimum absolute atomic E-state index is 0.150. The van der Waals surface area contributed by atoms with Crippen molar-refractivity contribution in [3.63, 3.8) is 0 Å². The summed E-state index contributed by atoms with van der Waals surface area (Å²) in [4.78, 5) is 11.7. The molecule has 0 radical (unpaired) electrons. The topological polar surface area (TPSA) is 61.4 Å². The molecule has 24 heavy (non-hydrogen) atoms. The van der Waals surface area contributed by atoms with Crippen LogP contribution in [-0.4, -0.2) is 17.7 Å². The molecule has 0 saturated heterocycles. The second-order valence-corrected chi connectivity index (χ2v) is 5.30. The normalized spacial score (nSPS) is 11.9. The van der Waals surface area contributed by atoms with Crippen molar-refractivity contribution in [2.75, 3.05) is 6.54 Å². The average molecular weight is 338 g/mol. The Hall–Kier alpha value is -2.54. The molecule has 0 fully saturated rings. The fourth-order valence-corrected chi connectivity index (χ4v) is 2.18. The third-order valence-corrected chi connectivity index (χ3v) is 3.46. The van der Waals surface area contributed by atoms with E-state index in [1.54, 1.807) is 13.0 Å². The number of carbonyl (C=O) groups excluding carboxylic acids is 1. The quantitative estimate of drug-likeness (QED) is 0.785. The molecule has 0 heterocycles. The highest BCUT2D eigenvalue weighted by atomic mass is 19.1. The molecule has 0 aromatic heterocycles. The van der Waals surface area contributed by atoms with Gasteiger partial charge in [0.15, 0.2) is 0 Å². The van der Waals surface area contributed by atoms with Crippen LogP contribution in [-0.2, 0) is 6.54 Å². The molecule has 1 unspecified atom stereocenters. The zero-order valence-electron chi connectivity index (χ0n) is 12.9. The predicted molar refractivity (Wildman–Crippen MR) is 82.7 cm³/mol. The van der Waals surface area contributed by atoms with Gasteiger partial charge in [0.2, 0.25) is 0 Å². The average Bonchev–Trinajstić information content (AvgIpc) is 2.54. The van der Waals surface area contributed by atoms with Crippen LogP contribution in [0.25, 0.3) is 0 Å². The summed E-state index contributed by atoms with van der Waals surface area (Å²) >= 11 is 0. The molecule has 0 aliphatic carbocycles. The van der Waals surface area contributed by atoms with Crippen LogP contribution >= 0.6 is 0 Å². The van der Waals surface area contributed by atoms with E-state index in [1.807, 2.05) is 0 Å². The Balaban J connectivity index is 1.85. The van der Waals surface area contributed by atoms with Gasteiger partial charge in [0.1, 0.15) is 23.6 Å². The number of carbonyl (C=O) groups is 1. The van der Waals surface area contributed by atoms with Gasteiger partial charge in [-0.3, -0.25) is 0 Å². The van der Waals surface area contributed by atoms with Gasteiger partial charge in [-0.25, -0.2) is 18.0 Å². The predicted octanol–water partition coefficient (Wildman–Crippen LogP) is 2.95. The van der Waals surface area contributed by atoms with E-state index in [1.165, 1.54) is 18.2 Å². The van der Waals surface area contributed by atoms with Crippen LogP contribution in [0.2, 0.25) is 0 Å². The maximum Gasteiger partial charge on any atom is 0.315 e. The summed E-state index contributed by atoms with van der Waals surface area (Å²) in [5.41, 5.74) is 0.664. The second-order valence-electron chi connectivity index (χ2n) is 5.30. The second kappa shape index (κ2) is 7.83. The lowest BCUT2D eigenvalue weighted by atomic mass is 10.1. The molecule has 0 spiro atoms. The number of hydrogen-bond donors (Lipinski definition) is 3. The number of benzene rings is 2. The molecule has 0 aliphatic heterocycles. The number of halogens is 3. The maximum absolute atomic E-state index is 13.5. The number of aryl methyl sites for hydroxylation is 1. The Kier molecular flexibility index (Phi) is 5.81. The minimum atomic E-state index is -1.51. The van der Waals surface area contributed by atoms with Crippen molar-refractivity contribution in [3.8, 4) is 0 Å². The molecule has 0 bridgehead atoms. The van der Waals surface area contributed by atoms with Gasteiger partial charge in [-0.1, -0.05) is 18.2 Å². The molecule has 2 rings (SSSR count). The van der Waals surface area contributed by atoms with E-state index in [9.17, 15) is 23.1 Å². The van der Waals surface area contributed by atoms with E-state index in [4.69, 9.17) is 0 Å². The Morgan fingerprint density at radius 2 is 1.75 bits per heavy atom. The van der Waals surface area contributed by atoms with E-state index < -0.39 is 29.3 Å². The molecular formula is C17H17F3N2O2. The molecule has 2 aromatic carbocycles. The van der Waals surface area contributed by atoms with Crippen LogP contribution in [0.1, 0.15) is 22.8 Å². The van der Waals surface area contributed by atoms with Crippen molar-refractivity contribution in [1.29, 1.82) is 0 Å². The van der Waals surface area contributed by atoms with Crippen LogP contribution in [0, 0.1) is 24.4 Å². The summed E-state index contributed by atoms with van der Waals surface area (Å²) in [6.45, 7) is 1.40. The summed E-state index contributed by atoms with van der Waals surface area (Å²) < 4.78 is 40.2. The zero-order valence-corrected chi connectivity index (χ0v) is 12.9. The fourth-order valence-electron chi connectivity index (χ4n) is 2.18. The smallest absolute Gasteiger partial charge is 0.315 e. The molecule has 7 heteroatoms. The maximum atomic E-state index is 13.5. The first-order chi connectivity index (χ1) is 11.4. The van der Waals surface area contributed by atoms with Crippen molar-refractivity contribution in [3.05, 3.63) is 70.5 Å². The molecular weight excluding hydrogens is 321 g/mol. The van der Waals surface area contributed by atoms with Gasteiger partial charge < -0.3 is 15.7 Å². The number of aliphatic hydroxyl groups excluding tert-OH is 1. The van der Waals surface area contributed by atoms with Gasteiger partial charge >= 0.3 is 6.03 Å². The van der Waals surface area contributed by atoms with E-state index in [2.05, 4.69) is 10.6 Å². The van der Waals surface area contributed by atoms with Gasteiger partial charge in [0, 0.05) is 13.1 Å². The van der Waals surface area contributed by atoms with Gasteiger partial charge in [-0.15, -0.1) is 0 Å². The van der Waals surface area contributed by atoms with Crippen molar-refractivity contribution in [1.82, 2.24) is 10.6 Å². The summed E-state index contributed by atoms with van der Waals surface area (Å²) in [5, 5.41) is 14.7. The highest BCUT2D eigenvalue weighted by molar-refractivity contribution is 5.73. The summed E-state index contributed by atoms with van der Waals surface area (Å²) in [5.74, 6) is -2.10. The Morgan fingerprint density at radius 3 is 2.38 bits per heavy atom. The first-order valence-corrected chi connectivity index (χ1v) is 7.27. The summed E-state index contributed by atoms with van der Waals surface area (Å²) in [6.07, 6.45) is -1.51. The largest absolute Gasteiger partial charge is 0.386 e. The van der Waals surface area contributed by atoms with Crippen molar-refractivity contribution in [2.24, 2.45) is 0 Å². The minimum Gasteiger partial charge on any atom is -0.386 e. The molecule has 1 atom stereocenters. The van der Waals surface area contributed by atoms with E-state index in [-0.39, 0.29) is 18.9 Å². The standard InChI is InChI=1S/C17H17F3N2O2/c1-10-7-11(5-6-12(10)18)8-21-17(24)22-9-15(23)16-13(19)3-2-4-14(16)20/h2-7,15,23H,8-9H2,1H3,(H2,21,22,24). The van der Waals surface area contributed by atoms with Crippen LogP contribution in [0.4, 0.5) is 18.0 Å². The van der Waals surface area contributed by atoms with Gasteiger partial charge in [0.25, 0.3) is 0 Å². The highest BCUT2D eigenvalue weighted by Crippen LogP contribution is 2.19. The SMILES string of the molecule is Cc1cc(CNC(=O)NCC(O)c2c(F)cccc2F)ccc1F. The Labute approximate surface area is 137 Å². The monoisotopic (exact) mass is 338 g/mol. The first kappa shape index (κ1) is 17.8.